The van der Waals surface area contributed by atoms with Gasteiger partial charge in [-0.1, -0.05) is 121 Å². The topological polar surface area (TPSA) is 364 Å². The summed E-state index contributed by atoms with van der Waals surface area (Å²) in [4.78, 5) is 87.8. The molecule has 9 N–H and O–H groups in total. The number of benzene rings is 9. The number of ether oxygens (including phenoxy) is 1. The van der Waals surface area contributed by atoms with Crippen LogP contribution < -0.4 is 31.9 Å². The van der Waals surface area contributed by atoms with Crippen LogP contribution in [0.4, 0.5) is 34.1 Å². The van der Waals surface area contributed by atoms with Crippen molar-refractivity contribution < 1.29 is 78.9 Å². The molecule has 105 heavy (non-hydrogen) atoms. The molecular formula is C75H72Cl4N6O17S3. The molecule has 0 radical (unpaired) electrons. The number of esters is 1. The van der Waals surface area contributed by atoms with Gasteiger partial charge in [-0.15, -0.1) is 0 Å². The lowest BCUT2D eigenvalue weighted by Gasteiger charge is -2.18. The van der Waals surface area contributed by atoms with Crippen LogP contribution in [-0.4, -0.2) is 105 Å². The van der Waals surface area contributed by atoms with Gasteiger partial charge in [0.1, 0.15) is 33.0 Å². The van der Waals surface area contributed by atoms with E-state index in [0.29, 0.717) is 5.56 Å². The molecule has 0 fully saturated rings. The maximum Gasteiger partial charge on any atom is 0.337 e. The second-order valence-electron chi connectivity index (χ2n) is 23.6. The van der Waals surface area contributed by atoms with Crippen LogP contribution in [0.1, 0.15) is 104 Å². The van der Waals surface area contributed by atoms with Crippen molar-refractivity contribution in [3.8, 4) is 17.2 Å². The Hall–Kier alpha value is -10.3. The lowest BCUT2D eigenvalue weighted by atomic mass is 10.1. The molecule has 23 nitrogen and oxygen atoms in total. The molecule has 550 valence electrons. The van der Waals surface area contributed by atoms with Crippen molar-refractivity contribution in [3.63, 3.8) is 0 Å². The molecule has 6 amide bonds. The molecule has 0 aliphatic rings. The van der Waals surface area contributed by atoms with Crippen LogP contribution in [0.3, 0.4) is 0 Å². The van der Waals surface area contributed by atoms with E-state index in [1.54, 1.807) is 96.1 Å². The minimum Gasteiger partial charge on any atom is -0.506 e. The predicted molar refractivity (Wildman–Crippen MR) is 407 cm³/mol. The highest BCUT2D eigenvalue weighted by Crippen LogP contribution is 2.38. The first-order valence-electron chi connectivity index (χ1n) is 31.9. The van der Waals surface area contributed by atoms with Crippen LogP contribution in [0.2, 0.25) is 20.1 Å². The van der Waals surface area contributed by atoms with Gasteiger partial charge in [0.15, 0.2) is 29.5 Å². The van der Waals surface area contributed by atoms with Crippen molar-refractivity contribution in [2.75, 3.05) is 39.0 Å². The van der Waals surface area contributed by atoms with E-state index in [1.807, 2.05) is 13.0 Å². The maximum absolute atomic E-state index is 13.1. The fraction of sp³-hybridized carbons (Fsp3) is 0.187. The number of aromatic hydroxyl groups is 3. The van der Waals surface area contributed by atoms with E-state index in [0.717, 1.165) is 34.4 Å². The molecule has 0 spiro atoms. The third-order valence-electron chi connectivity index (χ3n) is 15.8. The standard InChI is InChI=1S/C26H25ClN2O7S.C25H26N2O5S.C24H21Cl3N2O5S/c1-4-23(37(34,35)18-7-5-6-15(2)12-18)25(32)28-20-14-22(30)21(13-19(20)27)29-24(31)16-8-10-17(11-9-16)26(33)36-3;1-4-23(33(31,32)20-10-6-8-17(3)14-20)25(30)26-19-11-12-21(22(28)15-19)27-24(29)18-9-5-7-16(2)13-18;1-3-22(35(33,34)15-6-4-5-13(2)9-15)24(32)28-19-12-21(30)20(11-18(19)27)29-23(31)14-7-8-16(25)17(26)10-14/h5-14,23,30H,4H2,1-3H3,(H,28,32)(H,29,31);5-15,23,28H,4H2,1-3H3,(H,26,30)(H,27,29);4-12,22,30H,3H2,1-2H3,(H,28,32)(H,29,31). The van der Waals surface area contributed by atoms with E-state index >= 15 is 0 Å². The van der Waals surface area contributed by atoms with Crippen LogP contribution in [0.25, 0.3) is 0 Å². The molecule has 0 aliphatic heterocycles. The van der Waals surface area contributed by atoms with Gasteiger partial charge in [-0.3, -0.25) is 28.8 Å². The fourth-order valence-electron chi connectivity index (χ4n) is 10.3. The number of sulfone groups is 3. The average Bonchev–Trinajstić information content (AvgIpc) is 0.803. The molecule has 0 aliphatic carbocycles. The van der Waals surface area contributed by atoms with Crippen molar-refractivity contribution in [3.05, 3.63) is 247 Å². The Kier molecular flexibility index (Phi) is 28.0. The molecule has 0 saturated carbocycles. The quantitative estimate of drug-likeness (QED) is 0.0225. The van der Waals surface area contributed by atoms with Gasteiger partial charge >= 0.3 is 5.97 Å². The number of hydrogen-bond donors (Lipinski definition) is 9. The number of anilines is 6. The summed E-state index contributed by atoms with van der Waals surface area (Å²) < 4.78 is 82.8. The first kappa shape index (κ1) is 82.0. The summed E-state index contributed by atoms with van der Waals surface area (Å²) >= 11 is 24.3. The molecule has 0 bridgehead atoms. The number of aryl methyl sites for hydroxylation is 4. The van der Waals surface area contributed by atoms with E-state index in [-0.39, 0.29) is 117 Å². The number of methoxy groups -OCH3 is 1. The van der Waals surface area contributed by atoms with Crippen LogP contribution in [0.5, 0.6) is 17.2 Å². The van der Waals surface area contributed by atoms with Crippen molar-refractivity contribution in [1.29, 1.82) is 0 Å². The fourth-order valence-corrected chi connectivity index (χ4v) is 16.2. The van der Waals surface area contributed by atoms with Gasteiger partial charge in [0.05, 0.1) is 75.9 Å². The van der Waals surface area contributed by atoms with Crippen molar-refractivity contribution >= 4 is 151 Å². The number of rotatable bonds is 22. The summed E-state index contributed by atoms with van der Waals surface area (Å²) in [6, 6.07) is 44.8. The lowest BCUT2D eigenvalue weighted by Crippen LogP contribution is -2.34. The van der Waals surface area contributed by atoms with Crippen molar-refractivity contribution in [2.24, 2.45) is 0 Å². The molecule has 30 heteroatoms. The summed E-state index contributed by atoms with van der Waals surface area (Å²) in [6.07, 6.45) is 0.108. The van der Waals surface area contributed by atoms with Crippen molar-refractivity contribution in [2.45, 2.75) is 98.2 Å². The summed E-state index contributed by atoms with van der Waals surface area (Å²) in [5.41, 5.74) is 4.56. The number of phenols is 3. The monoisotopic (exact) mass is 1560 g/mol. The molecular weight excluding hydrogens is 1490 g/mol. The summed E-state index contributed by atoms with van der Waals surface area (Å²) in [6.45, 7) is 11.9. The summed E-state index contributed by atoms with van der Waals surface area (Å²) in [7, 11) is -10.6. The molecule has 0 heterocycles. The number of nitrogens with one attached hydrogen (secondary N) is 6. The van der Waals surface area contributed by atoms with Gasteiger partial charge in [-0.05, 0) is 179 Å². The van der Waals surface area contributed by atoms with E-state index in [1.165, 1.54) is 116 Å². The molecule has 0 saturated heterocycles. The number of phenolic OH excluding ortho intramolecular Hbond substituents is 3. The zero-order valence-corrected chi connectivity index (χ0v) is 62.9. The minimum atomic E-state index is -3.98. The Bertz CT molecular complexity index is 5180. The third-order valence-corrected chi connectivity index (χ3v) is 23.8. The van der Waals surface area contributed by atoms with E-state index in [9.17, 15) is 74.1 Å². The summed E-state index contributed by atoms with van der Waals surface area (Å²) in [5.74, 6) is -5.49. The van der Waals surface area contributed by atoms with Gasteiger partial charge < -0.3 is 52.0 Å². The molecule has 0 aromatic heterocycles. The molecule has 3 unspecified atom stereocenters. The Morgan fingerprint density at radius 1 is 0.352 bits per heavy atom. The largest absolute Gasteiger partial charge is 0.506 e. The average molecular weight is 1570 g/mol. The van der Waals surface area contributed by atoms with Crippen molar-refractivity contribution in [1.82, 2.24) is 0 Å². The second kappa shape index (κ2) is 35.9. The molecule has 9 aromatic rings. The predicted octanol–water partition coefficient (Wildman–Crippen LogP) is 15.1. The first-order valence-corrected chi connectivity index (χ1v) is 38.0. The number of halogens is 4. The Morgan fingerprint density at radius 3 is 1.09 bits per heavy atom. The Balaban J connectivity index is 0.000000220. The van der Waals surface area contributed by atoms with Gasteiger partial charge in [0, 0.05) is 40.6 Å². The van der Waals surface area contributed by atoms with Gasteiger partial charge in [0.2, 0.25) is 17.7 Å². The van der Waals surface area contributed by atoms with E-state index < -0.39 is 92.3 Å². The van der Waals surface area contributed by atoms with Crippen LogP contribution in [0, 0.1) is 27.7 Å². The highest BCUT2D eigenvalue weighted by Gasteiger charge is 2.36. The minimum absolute atomic E-state index is 0.00855. The first-order chi connectivity index (χ1) is 49.5. The smallest absolute Gasteiger partial charge is 0.337 e. The normalized spacial score (nSPS) is 12.0. The van der Waals surface area contributed by atoms with Crippen LogP contribution in [-0.2, 0) is 48.6 Å². The van der Waals surface area contributed by atoms with Crippen LogP contribution in [0.15, 0.2) is 197 Å². The second-order valence-corrected chi connectivity index (χ2v) is 31.6. The Labute approximate surface area is 627 Å². The molecule has 9 aromatic carbocycles. The number of amides is 6. The summed E-state index contributed by atoms with van der Waals surface area (Å²) in [5, 5.41) is 42.6. The van der Waals surface area contributed by atoms with Gasteiger partial charge in [0.25, 0.3) is 17.7 Å². The zero-order valence-electron chi connectivity index (χ0n) is 57.5. The van der Waals surface area contributed by atoms with Gasteiger partial charge in [-0.2, -0.15) is 0 Å². The van der Waals surface area contributed by atoms with Gasteiger partial charge in [-0.25, -0.2) is 30.0 Å². The molecule has 9 rings (SSSR count). The Morgan fingerprint density at radius 2 is 0.705 bits per heavy atom. The highest BCUT2D eigenvalue weighted by atomic mass is 35.5. The number of carbonyl (C=O) groups is 7. The van der Waals surface area contributed by atoms with E-state index in [2.05, 4.69) is 36.6 Å². The maximum atomic E-state index is 13.1. The number of hydrogen-bond acceptors (Lipinski definition) is 17. The lowest BCUT2D eigenvalue weighted by molar-refractivity contribution is -0.116. The van der Waals surface area contributed by atoms with E-state index in [4.69, 9.17) is 46.4 Å². The van der Waals surface area contributed by atoms with Crippen LogP contribution >= 0.6 is 46.4 Å². The number of carbonyl (C=O) groups excluding carboxylic acids is 7. The third kappa shape index (κ3) is 21.0. The zero-order chi connectivity index (χ0) is 77.4. The highest BCUT2D eigenvalue weighted by molar-refractivity contribution is 7.93. The molecule has 3 atom stereocenters. The SMILES string of the molecule is CCC(C(=O)Nc1cc(O)c(NC(=O)c2ccc(C(=O)OC)cc2)cc1Cl)S(=O)(=O)c1cccc(C)c1.CCC(C(=O)Nc1cc(O)c(NC(=O)c2ccc(Cl)c(Cl)c2)cc1Cl)S(=O)(=O)c1cccc(C)c1.CCC(C(=O)Nc1ccc(NC(=O)c2cccc(C)c2)c(O)c1)S(=O)(=O)c1cccc(C)c1.